The minimum atomic E-state index is 0.0398. The summed E-state index contributed by atoms with van der Waals surface area (Å²) in [6.45, 7) is 2.47. The lowest BCUT2D eigenvalue weighted by Crippen LogP contribution is -2.39. The Morgan fingerprint density at radius 2 is 1.88 bits per heavy atom. The van der Waals surface area contributed by atoms with Gasteiger partial charge in [0.25, 0.3) is 0 Å². The summed E-state index contributed by atoms with van der Waals surface area (Å²) < 4.78 is 11.7. The zero-order chi connectivity index (χ0) is 17.5. The van der Waals surface area contributed by atoms with E-state index >= 15 is 0 Å². The van der Waals surface area contributed by atoms with Crippen molar-refractivity contribution >= 4 is 50.5 Å². The van der Waals surface area contributed by atoms with Crippen molar-refractivity contribution in [1.82, 2.24) is 5.32 Å². The highest BCUT2D eigenvalue weighted by Crippen LogP contribution is 2.25. The Balaban J connectivity index is 1.79. The molecule has 0 aliphatic heterocycles. The van der Waals surface area contributed by atoms with E-state index in [-0.39, 0.29) is 6.04 Å². The van der Waals surface area contributed by atoms with Crippen molar-refractivity contribution in [3.05, 3.63) is 52.0 Å². The number of anilines is 1. The number of benzene rings is 2. The smallest absolute Gasteiger partial charge is 0.171 e. The molecule has 0 aliphatic carbocycles. The lowest BCUT2D eigenvalue weighted by Gasteiger charge is -2.18. The molecule has 1 atom stereocenters. The third kappa shape index (κ3) is 5.85. The molecule has 0 amide bonds. The van der Waals surface area contributed by atoms with Gasteiger partial charge < -0.3 is 20.1 Å². The molecule has 0 saturated carbocycles. The third-order valence-electron chi connectivity index (χ3n) is 3.11. The van der Waals surface area contributed by atoms with Gasteiger partial charge in [0.05, 0.1) is 18.2 Å². The quantitative estimate of drug-likeness (QED) is 0.642. The molecule has 0 aromatic heterocycles. The molecule has 0 spiro atoms. The van der Waals surface area contributed by atoms with Gasteiger partial charge in [0.1, 0.15) is 18.1 Å². The molecular weight excluding hydrogens is 412 g/mol. The first kappa shape index (κ1) is 18.8. The first-order valence-electron chi connectivity index (χ1n) is 7.27. The number of methoxy groups -OCH3 is 1. The lowest BCUT2D eigenvalue weighted by molar-refractivity contribution is 0.286. The van der Waals surface area contributed by atoms with Crippen molar-refractivity contribution in [1.29, 1.82) is 0 Å². The van der Waals surface area contributed by atoms with Gasteiger partial charge in [-0.2, -0.15) is 0 Å². The molecule has 0 unspecified atom stereocenters. The highest BCUT2D eigenvalue weighted by atomic mass is 79.9. The molecule has 2 aromatic carbocycles. The summed E-state index contributed by atoms with van der Waals surface area (Å²) in [5.41, 5.74) is 0.823. The van der Waals surface area contributed by atoms with E-state index in [0.29, 0.717) is 16.7 Å². The topological polar surface area (TPSA) is 42.5 Å². The summed E-state index contributed by atoms with van der Waals surface area (Å²) in [6, 6.07) is 13.0. The normalized spacial score (nSPS) is 11.5. The molecule has 128 valence electrons. The van der Waals surface area contributed by atoms with E-state index in [1.807, 2.05) is 43.3 Å². The van der Waals surface area contributed by atoms with Crippen LogP contribution in [-0.2, 0) is 0 Å². The Labute approximate surface area is 160 Å². The van der Waals surface area contributed by atoms with Crippen molar-refractivity contribution in [2.45, 2.75) is 13.0 Å². The van der Waals surface area contributed by atoms with Crippen LogP contribution in [0.3, 0.4) is 0 Å². The average Bonchev–Trinajstić information content (AvgIpc) is 2.56. The van der Waals surface area contributed by atoms with E-state index in [9.17, 15) is 0 Å². The summed E-state index contributed by atoms with van der Waals surface area (Å²) in [4.78, 5) is 0. The van der Waals surface area contributed by atoms with Gasteiger partial charge in [-0.05, 0) is 77.5 Å². The fraction of sp³-hybridized carbons (Fsp3) is 0.235. The number of thiocarbonyl (C=S) groups is 1. The molecule has 24 heavy (non-hydrogen) atoms. The first-order chi connectivity index (χ1) is 11.5. The summed E-state index contributed by atoms with van der Waals surface area (Å²) in [5.74, 6) is 1.58. The van der Waals surface area contributed by atoms with Crippen LogP contribution in [0.1, 0.15) is 6.92 Å². The summed E-state index contributed by atoms with van der Waals surface area (Å²) in [6.07, 6.45) is 0. The molecule has 2 rings (SSSR count). The van der Waals surface area contributed by atoms with Gasteiger partial charge in [0.2, 0.25) is 0 Å². The summed E-state index contributed by atoms with van der Waals surface area (Å²) >= 11 is 14.7. The maximum Gasteiger partial charge on any atom is 0.171 e. The minimum Gasteiger partial charge on any atom is -0.497 e. The Morgan fingerprint density at radius 3 is 2.50 bits per heavy atom. The zero-order valence-corrected chi connectivity index (χ0v) is 16.5. The van der Waals surface area contributed by atoms with Crippen LogP contribution < -0.4 is 20.1 Å². The SMILES string of the molecule is COc1ccc(OC[C@H](C)NC(=S)Nc2ccc(Br)c(Cl)c2)cc1. The highest BCUT2D eigenvalue weighted by Gasteiger charge is 2.07. The van der Waals surface area contributed by atoms with Gasteiger partial charge in [-0.25, -0.2) is 0 Å². The van der Waals surface area contributed by atoms with Crippen LogP contribution in [0.15, 0.2) is 46.9 Å². The largest absolute Gasteiger partial charge is 0.497 e. The van der Waals surface area contributed by atoms with Crippen LogP contribution in [0, 0.1) is 0 Å². The summed E-state index contributed by atoms with van der Waals surface area (Å²) in [7, 11) is 1.63. The van der Waals surface area contributed by atoms with Gasteiger partial charge in [-0.3, -0.25) is 0 Å². The van der Waals surface area contributed by atoms with E-state index in [1.165, 1.54) is 0 Å². The van der Waals surface area contributed by atoms with Crippen molar-refractivity contribution < 1.29 is 9.47 Å². The molecule has 0 heterocycles. The van der Waals surface area contributed by atoms with Gasteiger partial charge in [-0.1, -0.05) is 11.6 Å². The minimum absolute atomic E-state index is 0.0398. The second-order valence-electron chi connectivity index (χ2n) is 5.11. The summed E-state index contributed by atoms with van der Waals surface area (Å²) in [5, 5.41) is 7.41. The van der Waals surface area contributed by atoms with Crippen LogP contribution in [0.2, 0.25) is 5.02 Å². The lowest BCUT2D eigenvalue weighted by atomic mass is 10.3. The number of hydrogen-bond donors (Lipinski definition) is 2. The number of halogens is 2. The van der Waals surface area contributed by atoms with E-state index in [1.54, 1.807) is 13.2 Å². The maximum atomic E-state index is 6.06. The van der Waals surface area contributed by atoms with E-state index < -0.39 is 0 Å². The maximum absolute atomic E-state index is 6.06. The van der Waals surface area contributed by atoms with E-state index in [0.717, 1.165) is 21.7 Å². The van der Waals surface area contributed by atoms with Crippen molar-refractivity contribution in [3.63, 3.8) is 0 Å². The Hall–Kier alpha value is -1.50. The zero-order valence-electron chi connectivity index (χ0n) is 13.3. The van der Waals surface area contributed by atoms with Gasteiger partial charge in [0.15, 0.2) is 5.11 Å². The Kier molecular flexibility index (Phi) is 7.15. The second kappa shape index (κ2) is 9.11. The molecule has 4 nitrogen and oxygen atoms in total. The fourth-order valence-corrected chi connectivity index (χ4v) is 2.65. The number of hydrogen-bond acceptors (Lipinski definition) is 3. The monoisotopic (exact) mass is 428 g/mol. The number of nitrogens with one attached hydrogen (secondary N) is 2. The Morgan fingerprint density at radius 1 is 1.21 bits per heavy atom. The van der Waals surface area contributed by atoms with Crippen molar-refractivity contribution in [2.75, 3.05) is 19.0 Å². The van der Waals surface area contributed by atoms with Crippen molar-refractivity contribution in [3.8, 4) is 11.5 Å². The van der Waals surface area contributed by atoms with E-state index in [2.05, 4.69) is 26.6 Å². The molecule has 0 radical (unpaired) electrons. The molecular formula is C17H18BrClN2O2S. The number of ether oxygens (including phenoxy) is 2. The molecule has 2 N–H and O–H groups in total. The van der Waals surface area contributed by atoms with Crippen LogP contribution in [-0.4, -0.2) is 24.9 Å². The van der Waals surface area contributed by atoms with Crippen molar-refractivity contribution in [2.24, 2.45) is 0 Å². The van der Waals surface area contributed by atoms with Crippen LogP contribution in [0.5, 0.6) is 11.5 Å². The predicted octanol–water partition coefficient (Wildman–Crippen LogP) is 4.87. The number of rotatable bonds is 6. The Bertz CT molecular complexity index is 697. The molecule has 0 aliphatic rings. The molecule has 0 saturated heterocycles. The molecule has 2 aromatic rings. The van der Waals surface area contributed by atoms with Crippen LogP contribution >= 0.6 is 39.7 Å². The second-order valence-corrected chi connectivity index (χ2v) is 6.78. The highest BCUT2D eigenvalue weighted by molar-refractivity contribution is 9.10. The fourth-order valence-electron chi connectivity index (χ4n) is 1.90. The standard InChI is InChI=1S/C17H18BrClN2O2S/c1-11(10-23-14-6-4-13(22-2)5-7-14)20-17(24)21-12-3-8-15(18)16(19)9-12/h3-9,11H,10H2,1-2H3,(H2,20,21,24)/t11-/m0/s1. The van der Waals surface area contributed by atoms with Gasteiger partial charge >= 0.3 is 0 Å². The molecule has 0 fully saturated rings. The van der Waals surface area contributed by atoms with Gasteiger partial charge in [0, 0.05) is 10.2 Å². The molecule has 0 bridgehead atoms. The van der Waals surface area contributed by atoms with Crippen LogP contribution in [0.4, 0.5) is 5.69 Å². The van der Waals surface area contributed by atoms with Gasteiger partial charge in [-0.15, -0.1) is 0 Å². The van der Waals surface area contributed by atoms with E-state index in [4.69, 9.17) is 33.3 Å². The van der Waals surface area contributed by atoms with Crippen LogP contribution in [0.25, 0.3) is 0 Å². The first-order valence-corrected chi connectivity index (χ1v) is 8.85. The third-order valence-corrected chi connectivity index (χ3v) is 4.57. The predicted molar refractivity (Wildman–Crippen MR) is 106 cm³/mol. The molecule has 7 heteroatoms. The average molecular weight is 430 g/mol.